The van der Waals surface area contributed by atoms with E-state index in [1.807, 2.05) is 0 Å². The Morgan fingerprint density at radius 3 is 2.38 bits per heavy atom. The lowest BCUT2D eigenvalue weighted by Gasteiger charge is -2.41. The molecule has 2 heterocycles. The predicted molar refractivity (Wildman–Crippen MR) is 69.3 cm³/mol. The van der Waals surface area contributed by atoms with Gasteiger partial charge in [0.15, 0.2) is 0 Å². The summed E-state index contributed by atoms with van der Waals surface area (Å²) in [6.07, 6.45) is 3.82. The third-order valence-corrected chi connectivity index (χ3v) is 4.07. The summed E-state index contributed by atoms with van der Waals surface area (Å²) in [6, 6.07) is 0. The summed E-state index contributed by atoms with van der Waals surface area (Å²) in [5, 5.41) is 3.42. The van der Waals surface area contributed by atoms with Gasteiger partial charge in [0.1, 0.15) is 0 Å². The van der Waals surface area contributed by atoms with E-state index in [-0.39, 0.29) is 12.4 Å². The zero-order valence-electron chi connectivity index (χ0n) is 10.3. The average molecular weight is 249 g/mol. The fraction of sp³-hybridized carbons (Fsp3) is 1.00. The Morgan fingerprint density at radius 2 is 1.81 bits per heavy atom. The first-order valence-corrected chi connectivity index (χ1v) is 6.35. The number of nitrogens with one attached hydrogen (secondary N) is 1. The van der Waals surface area contributed by atoms with E-state index < -0.39 is 0 Å². The largest absolute Gasteiger partial charge is 0.381 e. The van der Waals surface area contributed by atoms with Crippen LogP contribution in [0.2, 0.25) is 0 Å². The molecule has 0 aliphatic carbocycles. The van der Waals surface area contributed by atoms with E-state index in [1.54, 1.807) is 0 Å². The Balaban J connectivity index is 0.00000128. The van der Waals surface area contributed by atoms with Gasteiger partial charge in [-0.05, 0) is 24.7 Å². The van der Waals surface area contributed by atoms with Crippen LogP contribution in [0.4, 0.5) is 0 Å². The minimum absolute atomic E-state index is 0. The van der Waals surface area contributed by atoms with Gasteiger partial charge in [0.2, 0.25) is 0 Å². The van der Waals surface area contributed by atoms with Crippen LogP contribution in [0.1, 0.15) is 26.2 Å². The Bertz CT molecular complexity index is 189. The molecule has 1 N–H and O–H groups in total. The van der Waals surface area contributed by atoms with Crippen molar-refractivity contribution in [1.29, 1.82) is 0 Å². The van der Waals surface area contributed by atoms with Crippen LogP contribution in [0.15, 0.2) is 0 Å². The Kier molecular flexibility index (Phi) is 6.05. The standard InChI is InChI=1S/C12H24N2O.ClH/c1-2-12(3-9-15-10-4-12)11-14-7-5-13-6-8-14;/h13H,2-11H2,1H3;1H. The normalized spacial score (nSPS) is 26.1. The molecule has 3 nitrogen and oxygen atoms in total. The lowest BCUT2D eigenvalue weighted by Crippen LogP contribution is -2.49. The van der Waals surface area contributed by atoms with Crippen molar-refractivity contribution in [2.45, 2.75) is 26.2 Å². The molecule has 2 saturated heterocycles. The van der Waals surface area contributed by atoms with Gasteiger partial charge < -0.3 is 15.0 Å². The van der Waals surface area contributed by atoms with Crippen LogP contribution >= 0.6 is 12.4 Å². The number of hydrogen-bond donors (Lipinski definition) is 1. The molecule has 0 aromatic heterocycles. The fourth-order valence-corrected chi connectivity index (χ4v) is 2.77. The van der Waals surface area contributed by atoms with Gasteiger partial charge in [-0.2, -0.15) is 0 Å². The fourth-order valence-electron chi connectivity index (χ4n) is 2.77. The van der Waals surface area contributed by atoms with E-state index in [0.29, 0.717) is 5.41 Å². The van der Waals surface area contributed by atoms with Gasteiger partial charge in [0.05, 0.1) is 0 Å². The highest BCUT2D eigenvalue weighted by Gasteiger charge is 2.32. The zero-order valence-corrected chi connectivity index (χ0v) is 11.2. The maximum absolute atomic E-state index is 5.48. The molecule has 4 heteroatoms. The first-order chi connectivity index (χ1) is 7.35. The number of ether oxygens (including phenoxy) is 1. The van der Waals surface area contributed by atoms with Gasteiger partial charge in [-0.1, -0.05) is 6.92 Å². The van der Waals surface area contributed by atoms with Crippen molar-refractivity contribution < 1.29 is 4.74 Å². The molecular weight excluding hydrogens is 224 g/mol. The van der Waals surface area contributed by atoms with E-state index >= 15 is 0 Å². The Morgan fingerprint density at radius 1 is 1.19 bits per heavy atom. The molecular formula is C12H25ClN2O. The molecule has 2 rings (SSSR count). The highest BCUT2D eigenvalue weighted by Crippen LogP contribution is 2.34. The van der Waals surface area contributed by atoms with Crippen molar-refractivity contribution in [3.63, 3.8) is 0 Å². The molecule has 2 fully saturated rings. The van der Waals surface area contributed by atoms with Crippen molar-refractivity contribution in [2.24, 2.45) is 5.41 Å². The van der Waals surface area contributed by atoms with Crippen LogP contribution in [-0.2, 0) is 4.74 Å². The number of nitrogens with zero attached hydrogens (tertiary/aromatic N) is 1. The topological polar surface area (TPSA) is 24.5 Å². The summed E-state index contributed by atoms with van der Waals surface area (Å²) in [6.45, 7) is 10.3. The second kappa shape index (κ2) is 6.80. The molecule has 0 atom stereocenters. The molecule has 0 aromatic carbocycles. The summed E-state index contributed by atoms with van der Waals surface area (Å²) in [5.41, 5.74) is 0.551. The molecule has 2 aliphatic heterocycles. The lowest BCUT2D eigenvalue weighted by atomic mass is 9.77. The van der Waals surface area contributed by atoms with Crippen LogP contribution in [0.3, 0.4) is 0 Å². The number of piperazine rings is 1. The summed E-state index contributed by atoms with van der Waals surface area (Å²) in [4.78, 5) is 2.63. The molecule has 0 amide bonds. The minimum Gasteiger partial charge on any atom is -0.381 e. The van der Waals surface area contributed by atoms with Gasteiger partial charge in [0, 0.05) is 45.9 Å². The van der Waals surface area contributed by atoms with E-state index in [2.05, 4.69) is 17.1 Å². The first-order valence-electron chi connectivity index (χ1n) is 6.35. The second-order valence-electron chi connectivity index (χ2n) is 4.99. The summed E-state index contributed by atoms with van der Waals surface area (Å²) >= 11 is 0. The molecule has 0 bridgehead atoms. The van der Waals surface area contributed by atoms with E-state index in [9.17, 15) is 0 Å². The van der Waals surface area contributed by atoms with E-state index in [0.717, 1.165) is 26.3 Å². The van der Waals surface area contributed by atoms with Crippen LogP contribution in [0, 0.1) is 5.41 Å². The lowest BCUT2D eigenvalue weighted by molar-refractivity contribution is -0.00857. The van der Waals surface area contributed by atoms with E-state index in [4.69, 9.17) is 4.74 Å². The first kappa shape index (κ1) is 14.2. The van der Waals surface area contributed by atoms with Crippen LogP contribution < -0.4 is 5.32 Å². The van der Waals surface area contributed by atoms with Crippen LogP contribution in [0.5, 0.6) is 0 Å². The maximum atomic E-state index is 5.48. The Hall–Kier alpha value is 0.170. The molecule has 0 spiro atoms. The van der Waals surface area contributed by atoms with Crippen molar-refractivity contribution >= 4 is 12.4 Å². The van der Waals surface area contributed by atoms with Gasteiger partial charge in [0.25, 0.3) is 0 Å². The number of rotatable bonds is 3. The summed E-state index contributed by atoms with van der Waals surface area (Å²) in [7, 11) is 0. The monoisotopic (exact) mass is 248 g/mol. The summed E-state index contributed by atoms with van der Waals surface area (Å²) < 4.78 is 5.48. The maximum Gasteiger partial charge on any atom is 0.0471 e. The van der Waals surface area contributed by atoms with Gasteiger partial charge in [-0.3, -0.25) is 0 Å². The molecule has 0 saturated carbocycles. The molecule has 0 radical (unpaired) electrons. The van der Waals surface area contributed by atoms with Gasteiger partial charge >= 0.3 is 0 Å². The Labute approximate surface area is 105 Å². The highest BCUT2D eigenvalue weighted by atomic mass is 35.5. The van der Waals surface area contributed by atoms with Gasteiger partial charge in [-0.15, -0.1) is 12.4 Å². The molecule has 2 aliphatic rings. The van der Waals surface area contributed by atoms with Crippen molar-refractivity contribution in [2.75, 3.05) is 45.9 Å². The smallest absolute Gasteiger partial charge is 0.0471 e. The molecule has 0 unspecified atom stereocenters. The zero-order chi connectivity index (χ0) is 10.6. The predicted octanol–water partition coefficient (Wildman–Crippen LogP) is 1.52. The third kappa shape index (κ3) is 3.59. The molecule has 16 heavy (non-hydrogen) atoms. The average Bonchev–Trinajstić information content (AvgIpc) is 2.32. The molecule has 0 aromatic rings. The van der Waals surface area contributed by atoms with Crippen molar-refractivity contribution in [1.82, 2.24) is 10.2 Å². The van der Waals surface area contributed by atoms with E-state index in [1.165, 1.54) is 38.9 Å². The van der Waals surface area contributed by atoms with Crippen molar-refractivity contribution in [3.05, 3.63) is 0 Å². The summed E-state index contributed by atoms with van der Waals surface area (Å²) in [5.74, 6) is 0. The SMILES string of the molecule is CCC1(CN2CCNCC2)CCOCC1.Cl. The van der Waals surface area contributed by atoms with Gasteiger partial charge in [-0.25, -0.2) is 0 Å². The number of halogens is 1. The van der Waals surface area contributed by atoms with Crippen LogP contribution in [-0.4, -0.2) is 50.8 Å². The third-order valence-electron chi connectivity index (χ3n) is 4.07. The number of hydrogen-bond acceptors (Lipinski definition) is 3. The van der Waals surface area contributed by atoms with Crippen LogP contribution in [0.25, 0.3) is 0 Å². The second-order valence-corrected chi connectivity index (χ2v) is 4.99. The molecule has 96 valence electrons. The minimum atomic E-state index is 0. The highest BCUT2D eigenvalue weighted by molar-refractivity contribution is 5.85. The van der Waals surface area contributed by atoms with Crippen molar-refractivity contribution in [3.8, 4) is 0 Å². The quantitative estimate of drug-likeness (QED) is 0.820.